The lowest BCUT2D eigenvalue weighted by Crippen LogP contribution is -2.30. The number of benzene rings is 1. The first-order valence-electron chi connectivity index (χ1n) is 9.23. The average Bonchev–Trinajstić information content (AvgIpc) is 2.54. The summed E-state index contributed by atoms with van der Waals surface area (Å²) >= 11 is 1.47. The maximum Gasteiger partial charge on any atom is 0.185 e. The third kappa shape index (κ3) is 5.92. The van der Waals surface area contributed by atoms with E-state index in [1.807, 2.05) is 27.7 Å². The molecule has 7 heteroatoms. The number of allylic oxidation sites excluding steroid dienone is 2. The van der Waals surface area contributed by atoms with Crippen LogP contribution in [0.25, 0.3) is 0 Å². The zero-order valence-electron chi connectivity index (χ0n) is 17.2. The van der Waals surface area contributed by atoms with E-state index in [1.54, 1.807) is 25.1 Å². The van der Waals surface area contributed by atoms with E-state index >= 15 is 0 Å². The number of nitrogens with two attached hydrogens (primary N) is 2. The summed E-state index contributed by atoms with van der Waals surface area (Å²) in [6.45, 7) is 9.34. The Kier molecular flexibility index (Phi) is 6.70. The van der Waals surface area contributed by atoms with Gasteiger partial charge in [0.25, 0.3) is 0 Å². The van der Waals surface area contributed by atoms with Crippen molar-refractivity contribution in [3.63, 3.8) is 0 Å². The van der Waals surface area contributed by atoms with Gasteiger partial charge in [0.1, 0.15) is 11.5 Å². The first-order valence-corrected chi connectivity index (χ1v) is 10.2. The van der Waals surface area contributed by atoms with Crippen molar-refractivity contribution in [2.24, 2.45) is 21.5 Å². The first kappa shape index (κ1) is 22.1. The summed E-state index contributed by atoms with van der Waals surface area (Å²) < 4.78 is 14.6. The van der Waals surface area contributed by atoms with Crippen molar-refractivity contribution in [2.45, 2.75) is 58.5 Å². The molecule has 0 bridgehead atoms. The molecule has 152 valence electrons. The van der Waals surface area contributed by atoms with Gasteiger partial charge in [-0.15, -0.1) is 0 Å². The summed E-state index contributed by atoms with van der Waals surface area (Å²) in [5.41, 5.74) is 12.5. The Bertz CT molecular complexity index is 850. The van der Waals surface area contributed by atoms with Gasteiger partial charge in [-0.25, -0.2) is 4.39 Å². The van der Waals surface area contributed by atoms with Crippen molar-refractivity contribution in [2.75, 3.05) is 5.75 Å². The summed E-state index contributed by atoms with van der Waals surface area (Å²) in [7, 11) is 0. The van der Waals surface area contributed by atoms with E-state index in [0.717, 1.165) is 5.75 Å². The fourth-order valence-electron chi connectivity index (χ4n) is 3.00. The molecule has 4 N–H and O–H groups in total. The second kappa shape index (κ2) is 8.47. The highest BCUT2D eigenvalue weighted by Crippen LogP contribution is 2.36. The minimum atomic E-state index is -0.728. The molecular weight excluding hydrogens is 375 g/mol. The maximum absolute atomic E-state index is 14.6. The number of halogens is 1. The third-order valence-electron chi connectivity index (χ3n) is 4.28. The first-order chi connectivity index (χ1) is 12.9. The highest BCUT2D eigenvalue weighted by Gasteiger charge is 2.32. The van der Waals surface area contributed by atoms with Crippen molar-refractivity contribution in [1.82, 2.24) is 0 Å². The number of nitrogens with zero attached hydrogens (tertiary/aromatic N) is 2. The standard InChI is InChI=1S/C21H29FN4OS/c1-13(23)10-17(25-20(2,3)4)18(27)12-14-6-7-16(22)15(11-14)21(5)8-9-28-19(24)26-21/h6-7,10-11H,8-9,12,23H2,1-5H3,(H2,24,26)/t21-/m0/s1. The van der Waals surface area contributed by atoms with Gasteiger partial charge in [-0.3, -0.25) is 14.8 Å². The van der Waals surface area contributed by atoms with E-state index in [2.05, 4.69) is 9.98 Å². The van der Waals surface area contributed by atoms with Crippen LogP contribution >= 0.6 is 11.8 Å². The van der Waals surface area contributed by atoms with Crippen LogP contribution in [0.2, 0.25) is 0 Å². The molecule has 1 aromatic carbocycles. The van der Waals surface area contributed by atoms with Crippen LogP contribution in [0, 0.1) is 5.82 Å². The predicted octanol–water partition coefficient (Wildman–Crippen LogP) is 3.71. The number of thioether (sulfide) groups is 1. The molecule has 0 saturated heterocycles. The van der Waals surface area contributed by atoms with Gasteiger partial charge in [-0.2, -0.15) is 0 Å². The van der Waals surface area contributed by atoms with E-state index in [0.29, 0.717) is 34.1 Å². The van der Waals surface area contributed by atoms with Crippen molar-refractivity contribution in [3.8, 4) is 0 Å². The van der Waals surface area contributed by atoms with Crippen LogP contribution in [0.15, 0.2) is 40.0 Å². The molecule has 1 heterocycles. The molecule has 0 fully saturated rings. The molecule has 0 amide bonds. The summed E-state index contributed by atoms with van der Waals surface area (Å²) in [6, 6.07) is 4.73. The molecule has 1 atom stereocenters. The predicted molar refractivity (Wildman–Crippen MR) is 116 cm³/mol. The number of carbonyl (C=O) groups excluding carboxylic acids is 1. The van der Waals surface area contributed by atoms with Gasteiger partial charge in [-0.1, -0.05) is 17.8 Å². The van der Waals surface area contributed by atoms with E-state index in [9.17, 15) is 9.18 Å². The molecule has 2 rings (SSSR count). The van der Waals surface area contributed by atoms with Crippen molar-refractivity contribution in [3.05, 3.63) is 46.9 Å². The molecule has 0 spiro atoms. The SMILES string of the molecule is CC(N)=CC(=NC(C)(C)C)C(=O)Cc1ccc(F)c([C@]2(C)CCSC(N)=N2)c1. The molecule has 5 nitrogen and oxygen atoms in total. The largest absolute Gasteiger partial charge is 0.402 e. The second-order valence-electron chi connectivity index (χ2n) is 8.29. The Morgan fingerprint density at radius 1 is 1.43 bits per heavy atom. The summed E-state index contributed by atoms with van der Waals surface area (Å²) in [5, 5.41) is 0.456. The zero-order valence-corrected chi connectivity index (χ0v) is 18.0. The van der Waals surface area contributed by atoms with Gasteiger partial charge >= 0.3 is 0 Å². The van der Waals surface area contributed by atoms with Gasteiger partial charge in [0, 0.05) is 23.4 Å². The topological polar surface area (TPSA) is 93.8 Å². The lowest BCUT2D eigenvalue weighted by Gasteiger charge is -2.30. The Balaban J connectivity index is 2.37. The monoisotopic (exact) mass is 404 g/mol. The Morgan fingerprint density at radius 3 is 2.68 bits per heavy atom. The van der Waals surface area contributed by atoms with Crippen molar-refractivity contribution < 1.29 is 9.18 Å². The highest BCUT2D eigenvalue weighted by atomic mass is 32.2. The average molecular weight is 405 g/mol. The quantitative estimate of drug-likeness (QED) is 0.732. The number of Topliss-reactive ketones (excluding diaryl/α,β-unsaturated/α-hetero) is 1. The van der Waals surface area contributed by atoms with Crippen molar-refractivity contribution in [1.29, 1.82) is 0 Å². The normalized spacial score (nSPS) is 21.4. The van der Waals surface area contributed by atoms with Crippen molar-refractivity contribution >= 4 is 28.4 Å². The van der Waals surface area contributed by atoms with E-state index < -0.39 is 11.1 Å². The fraction of sp³-hybridized carbons (Fsp3) is 0.476. The van der Waals surface area contributed by atoms with Gasteiger partial charge in [0.2, 0.25) is 0 Å². The number of hydrogen-bond donors (Lipinski definition) is 2. The van der Waals surface area contributed by atoms with Gasteiger partial charge in [-0.05, 0) is 64.8 Å². The van der Waals surface area contributed by atoms with Crippen LogP contribution in [0.4, 0.5) is 4.39 Å². The molecule has 0 aromatic heterocycles. The summed E-state index contributed by atoms with van der Waals surface area (Å²) in [4.78, 5) is 21.8. The smallest absolute Gasteiger partial charge is 0.185 e. The number of rotatable bonds is 5. The number of ketones is 1. The van der Waals surface area contributed by atoms with Crippen LogP contribution in [0.1, 0.15) is 52.2 Å². The summed E-state index contributed by atoms with van der Waals surface area (Å²) in [5.74, 6) is 0.269. The van der Waals surface area contributed by atoms with E-state index in [1.165, 1.54) is 17.8 Å². The minimum Gasteiger partial charge on any atom is -0.402 e. The highest BCUT2D eigenvalue weighted by molar-refractivity contribution is 8.13. The molecule has 1 aromatic rings. The fourth-order valence-corrected chi connectivity index (χ4v) is 3.98. The Labute approximate surface area is 170 Å². The van der Waals surface area contributed by atoms with Gasteiger partial charge in [0.05, 0.1) is 11.1 Å². The molecule has 0 radical (unpaired) electrons. The molecule has 0 unspecified atom stereocenters. The minimum absolute atomic E-state index is 0.107. The molecule has 28 heavy (non-hydrogen) atoms. The lowest BCUT2D eigenvalue weighted by atomic mass is 9.87. The molecule has 0 aliphatic carbocycles. The van der Waals surface area contributed by atoms with Gasteiger partial charge in [0.15, 0.2) is 11.0 Å². The molecular formula is C21H29FN4OS. The third-order valence-corrected chi connectivity index (χ3v) is 5.07. The Morgan fingerprint density at radius 2 is 2.11 bits per heavy atom. The number of aliphatic imine (C=N–C) groups is 2. The van der Waals surface area contributed by atoms with E-state index in [4.69, 9.17) is 11.5 Å². The number of carbonyl (C=O) groups is 1. The zero-order chi connectivity index (χ0) is 21.1. The van der Waals surface area contributed by atoms with Crippen LogP contribution in [-0.2, 0) is 16.8 Å². The Hall–Kier alpha value is -2.15. The van der Waals surface area contributed by atoms with Crippen LogP contribution in [0.5, 0.6) is 0 Å². The van der Waals surface area contributed by atoms with Gasteiger partial charge < -0.3 is 11.5 Å². The lowest BCUT2D eigenvalue weighted by molar-refractivity contribution is -0.112. The van der Waals surface area contributed by atoms with Crippen LogP contribution < -0.4 is 11.5 Å². The number of hydrogen-bond acceptors (Lipinski definition) is 6. The molecule has 0 saturated carbocycles. The maximum atomic E-state index is 14.6. The second-order valence-corrected chi connectivity index (χ2v) is 9.41. The molecule has 1 aliphatic rings. The van der Waals surface area contributed by atoms with Crippen LogP contribution in [0.3, 0.4) is 0 Å². The van der Waals surface area contributed by atoms with E-state index in [-0.39, 0.29) is 18.0 Å². The van der Waals surface area contributed by atoms with Crippen LogP contribution in [-0.4, -0.2) is 28.0 Å². The number of amidine groups is 1. The summed E-state index contributed by atoms with van der Waals surface area (Å²) in [6.07, 6.45) is 2.37. The molecule has 1 aliphatic heterocycles.